The second-order valence-corrected chi connectivity index (χ2v) is 8.88. The Hall–Kier alpha value is -1.72. The summed E-state index contributed by atoms with van der Waals surface area (Å²) in [6.45, 7) is 8.90. The van der Waals surface area contributed by atoms with Crippen molar-refractivity contribution < 1.29 is 4.79 Å². The number of nitrogens with one attached hydrogen (secondary N) is 1. The van der Waals surface area contributed by atoms with E-state index in [1.54, 1.807) is 11.3 Å². The SMILES string of the molecule is CC(C)CN1CCC(CNC(=O)CCc2nc(-c3ccccc3)cs2)CC1. The molecule has 4 nitrogen and oxygen atoms in total. The fraction of sp³-hybridized carbons (Fsp3) is 0.545. The molecule has 2 heterocycles. The average Bonchev–Trinajstić information content (AvgIpc) is 3.15. The van der Waals surface area contributed by atoms with Gasteiger partial charge in [0.15, 0.2) is 0 Å². The average molecular weight is 386 g/mol. The maximum Gasteiger partial charge on any atom is 0.220 e. The van der Waals surface area contributed by atoms with Crippen molar-refractivity contribution in [2.75, 3.05) is 26.2 Å². The Labute approximate surface area is 167 Å². The number of rotatable bonds is 8. The third-order valence-electron chi connectivity index (χ3n) is 5.11. The number of amides is 1. The predicted octanol–water partition coefficient (Wildman–Crippen LogP) is 4.23. The van der Waals surface area contributed by atoms with Gasteiger partial charge >= 0.3 is 0 Å². The van der Waals surface area contributed by atoms with Crippen molar-refractivity contribution in [3.63, 3.8) is 0 Å². The molecule has 0 radical (unpaired) electrons. The number of piperidine rings is 1. The summed E-state index contributed by atoms with van der Waals surface area (Å²) in [7, 11) is 0. The second-order valence-electron chi connectivity index (χ2n) is 7.93. The number of aryl methyl sites for hydroxylation is 1. The lowest BCUT2D eigenvalue weighted by Crippen LogP contribution is -2.40. The van der Waals surface area contributed by atoms with E-state index in [9.17, 15) is 4.79 Å². The molecule has 27 heavy (non-hydrogen) atoms. The molecule has 0 bridgehead atoms. The zero-order chi connectivity index (χ0) is 19.1. The maximum absolute atomic E-state index is 12.2. The predicted molar refractivity (Wildman–Crippen MR) is 113 cm³/mol. The van der Waals surface area contributed by atoms with Crippen molar-refractivity contribution in [3.05, 3.63) is 40.7 Å². The molecule has 146 valence electrons. The molecule has 0 atom stereocenters. The van der Waals surface area contributed by atoms with Crippen LogP contribution in [0.3, 0.4) is 0 Å². The van der Waals surface area contributed by atoms with E-state index in [1.807, 2.05) is 18.2 Å². The van der Waals surface area contributed by atoms with Crippen LogP contribution in [-0.4, -0.2) is 42.0 Å². The molecule has 1 aromatic heterocycles. The van der Waals surface area contributed by atoms with Crippen LogP contribution < -0.4 is 5.32 Å². The van der Waals surface area contributed by atoms with E-state index in [-0.39, 0.29) is 5.91 Å². The highest BCUT2D eigenvalue weighted by atomic mass is 32.1. The van der Waals surface area contributed by atoms with E-state index in [4.69, 9.17) is 0 Å². The number of hydrogen-bond acceptors (Lipinski definition) is 4. The van der Waals surface area contributed by atoms with Gasteiger partial charge in [-0.2, -0.15) is 0 Å². The number of likely N-dealkylation sites (tertiary alicyclic amines) is 1. The minimum Gasteiger partial charge on any atom is -0.356 e. The third kappa shape index (κ3) is 6.43. The Kier molecular flexibility index (Phi) is 7.41. The summed E-state index contributed by atoms with van der Waals surface area (Å²) >= 11 is 1.64. The maximum atomic E-state index is 12.2. The van der Waals surface area contributed by atoms with Crippen molar-refractivity contribution >= 4 is 17.2 Å². The standard InChI is InChI=1S/C22H31N3OS/c1-17(2)15-25-12-10-18(11-13-25)14-23-21(26)8-9-22-24-20(16-27-22)19-6-4-3-5-7-19/h3-7,16-18H,8-15H2,1-2H3,(H,23,26). The Morgan fingerprint density at radius 3 is 2.70 bits per heavy atom. The molecule has 1 N–H and O–H groups in total. The van der Waals surface area contributed by atoms with Crippen LogP contribution in [0.25, 0.3) is 11.3 Å². The molecular formula is C22H31N3OS. The van der Waals surface area contributed by atoms with Crippen molar-refractivity contribution in [3.8, 4) is 11.3 Å². The van der Waals surface area contributed by atoms with Crippen molar-refractivity contribution in [2.24, 2.45) is 11.8 Å². The third-order valence-corrected chi connectivity index (χ3v) is 6.01. The highest BCUT2D eigenvalue weighted by molar-refractivity contribution is 7.09. The quantitative estimate of drug-likeness (QED) is 0.740. The first-order valence-corrected chi connectivity index (χ1v) is 11.0. The van der Waals surface area contributed by atoms with Crippen LogP contribution in [0.4, 0.5) is 0 Å². The van der Waals surface area contributed by atoms with E-state index >= 15 is 0 Å². The van der Waals surface area contributed by atoms with Crippen molar-refractivity contribution in [1.29, 1.82) is 0 Å². The van der Waals surface area contributed by atoms with Crippen LogP contribution in [0.2, 0.25) is 0 Å². The molecular weight excluding hydrogens is 354 g/mol. The number of nitrogens with zero attached hydrogens (tertiary/aromatic N) is 2. The lowest BCUT2D eigenvalue weighted by molar-refractivity contribution is -0.121. The van der Waals surface area contributed by atoms with E-state index in [0.29, 0.717) is 12.3 Å². The van der Waals surface area contributed by atoms with Gasteiger partial charge in [-0.05, 0) is 37.8 Å². The fourth-order valence-electron chi connectivity index (χ4n) is 3.62. The van der Waals surface area contributed by atoms with Gasteiger partial charge in [-0.3, -0.25) is 4.79 Å². The molecule has 2 aromatic rings. The van der Waals surface area contributed by atoms with Crippen LogP contribution in [0.1, 0.15) is 38.1 Å². The van der Waals surface area contributed by atoms with Crippen LogP contribution in [0.5, 0.6) is 0 Å². The molecule has 0 unspecified atom stereocenters. The molecule has 1 aliphatic rings. The molecule has 1 saturated heterocycles. The number of hydrogen-bond donors (Lipinski definition) is 1. The van der Waals surface area contributed by atoms with Crippen LogP contribution >= 0.6 is 11.3 Å². The molecule has 5 heteroatoms. The highest BCUT2D eigenvalue weighted by Gasteiger charge is 2.20. The van der Waals surface area contributed by atoms with Gasteiger partial charge < -0.3 is 10.2 Å². The van der Waals surface area contributed by atoms with E-state index in [1.165, 1.54) is 32.5 Å². The smallest absolute Gasteiger partial charge is 0.220 e. The molecule has 0 aliphatic carbocycles. The second kappa shape index (κ2) is 10.00. The van der Waals surface area contributed by atoms with Crippen molar-refractivity contribution in [2.45, 2.75) is 39.5 Å². The van der Waals surface area contributed by atoms with Crippen molar-refractivity contribution in [1.82, 2.24) is 15.2 Å². The minimum absolute atomic E-state index is 0.149. The van der Waals surface area contributed by atoms with Gasteiger partial charge in [0.05, 0.1) is 10.7 Å². The van der Waals surface area contributed by atoms with E-state index in [0.717, 1.165) is 35.1 Å². The molecule has 0 spiro atoms. The summed E-state index contributed by atoms with van der Waals surface area (Å²) in [5, 5.41) is 6.25. The first-order chi connectivity index (χ1) is 13.1. The Balaban J connectivity index is 1.35. The largest absolute Gasteiger partial charge is 0.356 e. The monoisotopic (exact) mass is 385 g/mol. The van der Waals surface area contributed by atoms with Gasteiger partial charge in [-0.15, -0.1) is 11.3 Å². The number of thiazole rings is 1. The lowest BCUT2D eigenvalue weighted by Gasteiger charge is -2.33. The van der Waals surface area contributed by atoms with E-state index in [2.05, 4.69) is 46.6 Å². The first-order valence-electron chi connectivity index (χ1n) is 10.1. The van der Waals surface area contributed by atoms with Crippen LogP contribution in [-0.2, 0) is 11.2 Å². The highest BCUT2D eigenvalue weighted by Crippen LogP contribution is 2.22. The summed E-state index contributed by atoms with van der Waals surface area (Å²) in [5.41, 5.74) is 2.14. The summed E-state index contributed by atoms with van der Waals surface area (Å²) in [6, 6.07) is 10.2. The Morgan fingerprint density at radius 1 is 1.26 bits per heavy atom. The van der Waals surface area contributed by atoms with Gasteiger partial charge in [0.1, 0.15) is 0 Å². The molecule has 1 fully saturated rings. The van der Waals surface area contributed by atoms with Gasteiger partial charge in [0.2, 0.25) is 5.91 Å². The van der Waals surface area contributed by atoms with Gasteiger partial charge in [0, 0.05) is 36.9 Å². The van der Waals surface area contributed by atoms with Crippen LogP contribution in [0, 0.1) is 11.8 Å². The fourth-order valence-corrected chi connectivity index (χ4v) is 4.43. The topological polar surface area (TPSA) is 45.2 Å². The summed E-state index contributed by atoms with van der Waals surface area (Å²) in [4.78, 5) is 19.4. The lowest BCUT2D eigenvalue weighted by atomic mass is 9.96. The number of benzene rings is 1. The minimum atomic E-state index is 0.149. The number of carbonyl (C=O) groups is 1. The molecule has 1 amide bonds. The first kappa shape index (κ1) is 20.0. The number of aromatic nitrogens is 1. The summed E-state index contributed by atoms with van der Waals surface area (Å²) < 4.78 is 0. The van der Waals surface area contributed by atoms with Crippen LogP contribution in [0.15, 0.2) is 35.7 Å². The summed E-state index contributed by atoms with van der Waals surface area (Å²) in [6.07, 6.45) is 3.63. The Morgan fingerprint density at radius 2 is 2.00 bits per heavy atom. The number of carbonyl (C=O) groups excluding carboxylic acids is 1. The van der Waals surface area contributed by atoms with Gasteiger partial charge in [-0.1, -0.05) is 44.2 Å². The molecule has 0 saturated carbocycles. The zero-order valence-electron chi connectivity index (χ0n) is 16.5. The molecule has 3 rings (SSSR count). The molecule has 1 aliphatic heterocycles. The Bertz CT molecular complexity index is 705. The summed E-state index contributed by atoms with van der Waals surface area (Å²) in [5.74, 6) is 1.51. The zero-order valence-corrected chi connectivity index (χ0v) is 17.3. The normalized spacial score (nSPS) is 16.0. The van der Waals surface area contributed by atoms with Gasteiger partial charge in [0.25, 0.3) is 0 Å². The van der Waals surface area contributed by atoms with Gasteiger partial charge in [-0.25, -0.2) is 4.98 Å². The van der Waals surface area contributed by atoms with E-state index < -0.39 is 0 Å². The molecule has 1 aromatic carbocycles.